The molecule has 8 heteroatoms. The molecule has 1 aliphatic heterocycles. The number of halogens is 1. The molecule has 2 aromatic rings. The van der Waals surface area contributed by atoms with Crippen LogP contribution in [-0.4, -0.2) is 38.5 Å². The Bertz CT molecular complexity index is 959. The molecule has 5 nitrogen and oxygen atoms in total. The van der Waals surface area contributed by atoms with E-state index in [9.17, 15) is 9.18 Å². The van der Waals surface area contributed by atoms with Gasteiger partial charge >= 0.3 is 0 Å². The highest BCUT2D eigenvalue weighted by atomic mass is 32.2. The van der Waals surface area contributed by atoms with Crippen molar-refractivity contribution in [2.75, 3.05) is 19.8 Å². The molecule has 0 bridgehead atoms. The second-order valence-corrected chi connectivity index (χ2v) is 16.2. The Kier molecular flexibility index (Phi) is 7.92. The van der Waals surface area contributed by atoms with Gasteiger partial charge in [0.15, 0.2) is 31.1 Å². The smallest absolute Gasteiger partial charge is 0.192 e. The highest BCUT2D eigenvalue weighted by Crippen LogP contribution is 2.38. The number of aryl methyl sites for hydroxylation is 1. The molecule has 178 valence electrons. The Balaban J connectivity index is 1.78. The van der Waals surface area contributed by atoms with Gasteiger partial charge < -0.3 is 18.3 Å². The molecule has 0 N–H and O–H groups in total. The van der Waals surface area contributed by atoms with E-state index in [4.69, 9.17) is 18.3 Å². The summed E-state index contributed by atoms with van der Waals surface area (Å²) in [7, 11) is -1.91. The summed E-state index contributed by atoms with van der Waals surface area (Å²) in [6.45, 7) is 15.9. The molecule has 2 heterocycles. The number of fused-ring (bicyclic) bond motifs is 1. The van der Waals surface area contributed by atoms with Crippen molar-refractivity contribution in [3.63, 3.8) is 0 Å². The summed E-state index contributed by atoms with van der Waals surface area (Å²) in [5.41, 5.74) is 2.36. The van der Waals surface area contributed by atoms with Gasteiger partial charge in [-0.25, -0.2) is 4.39 Å². The van der Waals surface area contributed by atoms with Crippen molar-refractivity contribution in [3.8, 4) is 0 Å². The summed E-state index contributed by atoms with van der Waals surface area (Å²) >= 11 is 1.32. The number of benzene rings is 1. The lowest BCUT2D eigenvalue weighted by atomic mass is 10.0. The van der Waals surface area contributed by atoms with Gasteiger partial charge in [-0.15, -0.1) is 0 Å². The fourth-order valence-corrected chi connectivity index (χ4v) is 5.53. The molecule has 1 aliphatic rings. The molecule has 0 radical (unpaired) electrons. The van der Waals surface area contributed by atoms with E-state index in [0.717, 1.165) is 17.4 Å². The fourth-order valence-electron chi connectivity index (χ4n) is 3.51. The Hall–Kier alpha value is -1.19. The lowest BCUT2D eigenvalue weighted by molar-refractivity contribution is -0.109. The van der Waals surface area contributed by atoms with Gasteiger partial charge in [0.05, 0.1) is 19.5 Å². The van der Waals surface area contributed by atoms with Crippen LogP contribution in [0.4, 0.5) is 4.39 Å². The minimum absolute atomic E-state index is 0.0304. The van der Waals surface area contributed by atoms with E-state index >= 15 is 0 Å². The van der Waals surface area contributed by atoms with Crippen LogP contribution in [-0.2, 0) is 25.1 Å². The van der Waals surface area contributed by atoms with E-state index in [2.05, 4.69) is 33.9 Å². The molecule has 0 spiro atoms. The van der Waals surface area contributed by atoms with Crippen molar-refractivity contribution in [3.05, 3.63) is 34.8 Å². The van der Waals surface area contributed by atoms with Crippen molar-refractivity contribution in [1.29, 1.82) is 0 Å². The average Bonchev–Trinajstić information content (AvgIpc) is 3.35. The van der Waals surface area contributed by atoms with Crippen LogP contribution in [0.3, 0.4) is 0 Å². The van der Waals surface area contributed by atoms with E-state index in [0.29, 0.717) is 37.4 Å². The fraction of sp³-hybridized carbons (Fsp3) is 0.625. The van der Waals surface area contributed by atoms with Gasteiger partial charge in [-0.2, -0.15) is 0 Å². The first kappa shape index (κ1) is 25.4. The van der Waals surface area contributed by atoms with Crippen LogP contribution in [0.1, 0.15) is 57.1 Å². The van der Waals surface area contributed by atoms with Crippen LogP contribution in [0.2, 0.25) is 18.1 Å². The number of hydrogen-bond donors (Lipinski definition) is 0. The first-order valence-electron chi connectivity index (χ1n) is 11.1. The van der Waals surface area contributed by atoms with Crippen LogP contribution in [0, 0.1) is 12.7 Å². The topological polar surface area (TPSA) is 57.9 Å². The SMILES string of the molecule is CC(=O)S[C@H](CCc1coc2c(F)c(C)c(C3OCCO3)cc12)CO[Si](C)(C)C(C)(C)C. The minimum Gasteiger partial charge on any atom is -0.461 e. The summed E-state index contributed by atoms with van der Waals surface area (Å²) in [6.07, 6.45) is 2.47. The number of carbonyl (C=O) groups is 1. The lowest BCUT2D eigenvalue weighted by Crippen LogP contribution is -2.42. The van der Waals surface area contributed by atoms with E-state index in [1.807, 2.05) is 6.07 Å². The van der Waals surface area contributed by atoms with Crippen molar-refractivity contribution in [1.82, 2.24) is 0 Å². The normalized spacial score (nSPS) is 16.8. The van der Waals surface area contributed by atoms with Gasteiger partial charge in [0.2, 0.25) is 0 Å². The number of rotatable bonds is 8. The predicted molar refractivity (Wildman–Crippen MR) is 129 cm³/mol. The van der Waals surface area contributed by atoms with Crippen LogP contribution >= 0.6 is 11.8 Å². The summed E-state index contributed by atoms with van der Waals surface area (Å²) < 4.78 is 38.2. The Morgan fingerprint density at radius 1 is 1.31 bits per heavy atom. The first-order valence-corrected chi connectivity index (χ1v) is 14.9. The molecule has 0 amide bonds. The second kappa shape index (κ2) is 9.97. The van der Waals surface area contributed by atoms with Crippen LogP contribution in [0.15, 0.2) is 16.7 Å². The molecular formula is C24H35FO5SSi. The number of ether oxygens (including phenoxy) is 2. The third-order valence-corrected chi connectivity index (χ3v) is 12.1. The molecule has 0 saturated carbocycles. The summed E-state index contributed by atoms with van der Waals surface area (Å²) in [5.74, 6) is -0.376. The molecule has 1 aromatic heterocycles. The Morgan fingerprint density at radius 3 is 2.56 bits per heavy atom. The highest BCUT2D eigenvalue weighted by molar-refractivity contribution is 8.14. The maximum absolute atomic E-state index is 15.0. The van der Waals surface area contributed by atoms with E-state index in [1.54, 1.807) is 20.1 Å². The molecule has 1 fully saturated rings. The molecule has 1 saturated heterocycles. The number of hydrogen-bond acceptors (Lipinski definition) is 6. The average molecular weight is 483 g/mol. The number of thioether (sulfide) groups is 1. The lowest BCUT2D eigenvalue weighted by Gasteiger charge is -2.37. The van der Waals surface area contributed by atoms with Crippen LogP contribution in [0.5, 0.6) is 0 Å². The Morgan fingerprint density at radius 2 is 1.97 bits per heavy atom. The van der Waals surface area contributed by atoms with Gasteiger partial charge in [0, 0.05) is 29.7 Å². The first-order chi connectivity index (χ1) is 14.9. The van der Waals surface area contributed by atoms with Gasteiger partial charge in [-0.3, -0.25) is 4.79 Å². The molecule has 1 aromatic carbocycles. The van der Waals surface area contributed by atoms with Crippen LogP contribution < -0.4 is 0 Å². The number of furan rings is 1. The molecular weight excluding hydrogens is 447 g/mol. The van der Waals surface area contributed by atoms with E-state index < -0.39 is 14.6 Å². The third kappa shape index (κ3) is 5.65. The van der Waals surface area contributed by atoms with Crippen molar-refractivity contribution >= 4 is 36.2 Å². The van der Waals surface area contributed by atoms with Gasteiger partial charge in [-0.05, 0) is 55.1 Å². The molecule has 0 aliphatic carbocycles. The maximum atomic E-state index is 15.0. The van der Waals surface area contributed by atoms with Gasteiger partial charge in [0.25, 0.3) is 0 Å². The quantitative estimate of drug-likeness (QED) is 0.399. The summed E-state index contributed by atoms with van der Waals surface area (Å²) in [4.78, 5) is 11.8. The molecule has 3 rings (SSSR count). The second-order valence-electron chi connectivity index (χ2n) is 9.96. The van der Waals surface area contributed by atoms with Gasteiger partial charge in [-0.1, -0.05) is 32.5 Å². The standard InChI is InChI=1S/C24H35FO5SSi/c1-15-19(23-27-10-11-28-23)12-20-17(13-29-22(20)21(15)25)8-9-18(31-16(2)26)14-30-32(6,7)24(3,4)5/h12-13,18,23H,8-11,14H2,1-7H3/t18-/m1/s1. The Labute approximate surface area is 195 Å². The highest BCUT2D eigenvalue weighted by Gasteiger charge is 2.37. The predicted octanol–water partition coefficient (Wildman–Crippen LogP) is 6.53. The minimum atomic E-state index is -1.91. The molecule has 0 unspecified atom stereocenters. The summed E-state index contributed by atoms with van der Waals surface area (Å²) in [6, 6.07) is 1.92. The van der Waals surface area contributed by atoms with E-state index in [1.165, 1.54) is 11.8 Å². The zero-order valence-corrected chi connectivity index (χ0v) is 22.0. The van der Waals surface area contributed by atoms with Crippen molar-refractivity contribution in [2.24, 2.45) is 0 Å². The van der Waals surface area contributed by atoms with Crippen LogP contribution in [0.25, 0.3) is 11.0 Å². The third-order valence-electron chi connectivity index (χ3n) is 6.55. The van der Waals surface area contributed by atoms with Gasteiger partial charge in [0.1, 0.15) is 0 Å². The van der Waals surface area contributed by atoms with Crippen molar-refractivity contribution < 1.29 is 27.5 Å². The monoisotopic (exact) mass is 482 g/mol. The maximum Gasteiger partial charge on any atom is 0.192 e. The zero-order valence-electron chi connectivity index (χ0n) is 20.2. The largest absolute Gasteiger partial charge is 0.461 e. The molecule has 1 atom stereocenters. The van der Waals surface area contributed by atoms with E-state index in [-0.39, 0.29) is 26.8 Å². The number of carbonyl (C=O) groups excluding carboxylic acids is 1. The molecule has 32 heavy (non-hydrogen) atoms. The zero-order chi connectivity index (χ0) is 23.7. The summed E-state index contributed by atoms with van der Waals surface area (Å²) in [5, 5.41) is 0.947. The van der Waals surface area contributed by atoms with Crippen molar-refractivity contribution in [2.45, 2.75) is 77.1 Å².